The second-order valence-electron chi connectivity index (χ2n) is 6.40. The number of H-pyrrole nitrogens is 1. The van der Waals surface area contributed by atoms with Crippen LogP contribution in [0.25, 0.3) is 11.2 Å². The van der Waals surface area contributed by atoms with Crippen LogP contribution < -0.4 is 10.6 Å². The third kappa shape index (κ3) is 3.92. The van der Waals surface area contributed by atoms with Crippen molar-refractivity contribution in [2.24, 2.45) is 0 Å². The van der Waals surface area contributed by atoms with Crippen LogP contribution in [0.5, 0.6) is 0 Å². The van der Waals surface area contributed by atoms with E-state index in [0.717, 1.165) is 6.42 Å². The summed E-state index contributed by atoms with van der Waals surface area (Å²) in [6.07, 6.45) is 5.26. The lowest BCUT2D eigenvalue weighted by Gasteiger charge is -2.22. The van der Waals surface area contributed by atoms with Gasteiger partial charge in [0.05, 0.1) is 24.4 Å². The number of methoxy groups -OCH3 is 1. The largest absolute Gasteiger partial charge is 0.383 e. The van der Waals surface area contributed by atoms with E-state index < -0.39 is 0 Å². The molecule has 0 bridgehead atoms. The molecule has 144 valence electrons. The number of amides is 2. The van der Waals surface area contributed by atoms with Crippen molar-refractivity contribution in [1.29, 1.82) is 0 Å². The molecule has 1 fully saturated rings. The summed E-state index contributed by atoms with van der Waals surface area (Å²) in [5.41, 5.74) is 1.51. The summed E-state index contributed by atoms with van der Waals surface area (Å²) in [5, 5.41) is 6.08. The van der Waals surface area contributed by atoms with Gasteiger partial charge in [-0.2, -0.15) is 0 Å². The Balaban J connectivity index is 1.78. The average molecular weight is 372 g/mol. The lowest BCUT2D eigenvalue weighted by atomic mass is 10.2. The average Bonchev–Trinajstić information content (AvgIpc) is 3.25. The smallest absolute Gasteiger partial charge is 0.255 e. The highest BCUT2D eigenvalue weighted by Crippen LogP contribution is 2.23. The zero-order chi connectivity index (χ0) is 19.4. The Labute approximate surface area is 157 Å². The number of aromatic amines is 1. The van der Waals surface area contributed by atoms with Gasteiger partial charge in [-0.05, 0) is 19.4 Å². The predicted octanol–water partition coefficient (Wildman–Crippen LogP) is 0.921. The van der Waals surface area contributed by atoms with E-state index in [1.807, 2.05) is 6.92 Å². The van der Waals surface area contributed by atoms with Crippen LogP contribution in [0.3, 0.4) is 0 Å². The van der Waals surface area contributed by atoms with Gasteiger partial charge in [0, 0.05) is 32.4 Å². The highest BCUT2D eigenvalue weighted by Gasteiger charge is 2.34. The topological polar surface area (TPSA) is 112 Å². The number of anilines is 1. The Morgan fingerprint density at radius 1 is 1.52 bits per heavy atom. The number of ether oxygens (including phenoxy) is 1. The summed E-state index contributed by atoms with van der Waals surface area (Å²) in [6.45, 7) is 6.94. The Bertz CT molecular complexity index is 849. The van der Waals surface area contributed by atoms with Crippen LogP contribution in [0.2, 0.25) is 0 Å². The second kappa shape index (κ2) is 8.17. The molecule has 9 nitrogen and oxygen atoms in total. The summed E-state index contributed by atoms with van der Waals surface area (Å²) in [6, 6.07) is -0.0134. The number of fused-ring (bicyclic) bond motifs is 1. The summed E-state index contributed by atoms with van der Waals surface area (Å²) >= 11 is 0. The van der Waals surface area contributed by atoms with Crippen LogP contribution >= 0.6 is 0 Å². The lowest BCUT2D eigenvalue weighted by Crippen LogP contribution is -2.37. The molecule has 2 amide bonds. The predicted molar refractivity (Wildman–Crippen MR) is 101 cm³/mol. The molecule has 0 spiro atoms. The first-order valence-corrected chi connectivity index (χ1v) is 8.88. The van der Waals surface area contributed by atoms with Gasteiger partial charge in [-0.1, -0.05) is 6.58 Å². The minimum absolute atomic E-state index is 0.00709. The summed E-state index contributed by atoms with van der Waals surface area (Å²) < 4.78 is 5.23. The molecule has 0 aliphatic carbocycles. The number of hydrogen-bond acceptors (Lipinski definition) is 6. The minimum atomic E-state index is -0.195. The van der Waals surface area contributed by atoms with Crippen LogP contribution in [0.4, 0.5) is 5.82 Å². The lowest BCUT2D eigenvalue weighted by molar-refractivity contribution is -0.127. The van der Waals surface area contributed by atoms with Gasteiger partial charge in [-0.3, -0.25) is 9.59 Å². The van der Waals surface area contributed by atoms with Gasteiger partial charge in [0.1, 0.15) is 11.3 Å². The fourth-order valence-electron chi connectivity index (χ4n) is 3.36. The van der Waals surface area contributed by atoms with Crippen molar-refractivity contribution in [3.05, 3.63) is 30.6 Å². The molecule has 2 aromatic rings. The van der Waals surface area contributed by atoms with Gasteiger partial charge in [-0.25, -0.2) is 9.97 Å². The Morgan fingerprint density at radius 2 is 2.33 bits per heavy atom. The molecule has 3 heterocycles. The molecular formula is C18H24N6O3. The fraction of sp³-hybridized carbons (Fsp3) is 0.444. The SMILES string of the molecule is C=CC(=O)N1CC(Nc2cnc3[nH]cc(C(=O)NCC)c3n2)CC1COC. The van der Waals surface area contributed by atoms with E-state index in [0.29, 0.717) is 42.2 Å². The maximum absolute atomic E-state index is 12.2. The van der Waals surface area contributed by atoms with Crippen molar-refractivity contribution in [2.75, 3.05) is 32.1 Å². The monoisotopic (exact) mass is 372 g/mol. The fourth-order valence-corrected chi connectivity index (χ4v) is 3.36. The molecule has 0 saturated carbocycles. The molecular weight excluding hydrogens is 348 g/mol. The van der Waals surface area contributed by atoms with Gasteiger partial charge >= 0.3 is 0 Å². The first kappa shape index (κ1) is 18.8. The molecule has 2 atom stereocenters. The van der Waals surface area contributed by atoms with Crippen LogP contribution in [0.1, 0.15) is 23.7 Å². The number of hydrogen-bond donors (Lipinski definition) is 3. The first-order valence-electron chi connectivity index (χ1n) is 8.88. The number of likely N-dealkylation sites (tertiary alicyclic amines) is 1. The standard InChI is InChI=1S/C18H24N6O3/c1-4-15(25)24-9-11(6-12(24)10-27-3)22-14-8-21-17-16(23-14)13(7-20-17)18(26)19-5-2/h4,7-8,11-12H,1,5-6,9-10H2,2-3H3,(H,19,26)(H,20,21)(H,22,23). The Hall–Kier alpha value is -2.94. The first-order chi connectivity index (χ1) is 13.1. The molecule has 3 rings (SSSR count). The summed E-state index contributed by atoms with van der Waals surface area (Å²) in [4.78, 5) is 37.8. The third-order valence-electron chi connectivity index (χ3n) is 4.55. The number of aromatic nitrogens is 3. The Morgan fingerprint density at radius 3 is 3.04 bits per heavy atom. The molecule has 27 heavy (non-hydrogen) atoms. The quantitative estimate of drug-likeness (QED) is 0.623. The van der Waals surface area contributed by atoms with Crippen molar-refractivity contribution < 1.29 is 14.3 Å². The zero-order valence-corrected chi connectivity index (χ0v) is 15.5. The van der Waals surface area contributed by atoms with Crippen LogP contribution in [0, 0.1) is 0 Å². The van der Waals surface area contributed by atoms with E-state index in [2.05, 4.69) is 32.2 Å². The van der Waals surface area contributed by atoms with E-state index in [9.17, 15) is 9.59 Å². The van der Waals surface area contributed by atoms with Gasteiger partial charge in [0.25, 0.3) is 5.91 Å². The molecule has 2 unspecified atom stereocenters. The van der Waals surface area contributed by atoms with Gasteiger partial charge in [0.2, 0.25) is 5.91 Å². The van der Waals surface area contributed by atoms with Crippen LogP contribution in [0.15, 0.2) is 25.0 Å². The van der Waals surface area contributed by atoms with Crippen molar-refractivity contribution in [2.45, 2.75) is 25.4 Å². The van der Waals surface area contributed by atoms with E-state index in [1.165, 1.54) is 6.08 Å². The normalized spacial score (nSPS) is 19.3. The van der Waals surface area contributed by atoms with Crippen molar-refractivity contribution in [3.8, 4) is 0 Å². The van der Waals surface area contributed by atoms with E-state index in [1.54, 1.807) is 24.4 Å². The third-order valence-corrected chi connectivity index (χ3v) is 4.55. The highest BCUT2D eigenvalue weighted by atomic mass is 16.5. The van der Waals surface area contributed by atoms with Gasteiger partial charge < -0.3 is 25.3 Å². The Kier molecular flexibility index (Phi) is 5.70. The van der Waals surface area contributed by atoms with Crippen molar-refractivity contribution >= 4 is 28.8 Å². The highest BCUT2D eigenvalue weighted by molar-refractivity contribution is 6.04. The molecule has 0 aromatic carbocycles. The molecule has 0 radical (unpaired) electrons. The van der Waals surface area contributed by atoms with Gasteiger partial charge in [0.15, 0.2) is 5.65 Å². The number of nitrogens with one attached hydrogen (secondary N) is 3. The van der Waals surface area contributed by atoms with Crippen molar-refractivity contribution in [1.82, 2.24) is 25.2 Å². The van der Waals surface area contributed by atoms with E-state index in [4.69, 9.17) is 4.74 Å². The second-order valence-corrected chi connectivity index (χ2v) is 6.40. The maximum Gasteiger partial charge on any atom is 0.255 e. The number of nitrogens with zero attached hydrogens (tertiary/aromatic N) is 3. The number of carbonyl (C=O) groups is 2. The summed E-state index contributed by atoms with van der Waals surface area (Å²) in [5.74, 6) is 0.243. The van der Waals surface area contributed by atoms with E-state index in [-0.39, 0.29) is 23.9 Å². The number of rotatable bonds is 7. The molecule has 1 aliphatic heterocycles. The molecule has 1 saturated heterocycles. The summed E-state index contributed by atoms with van der Waals surface area (Å²) in [7, 11) is 1.62. The van der Waals surface area contributed by atoms with Gasteiger partial charge in [-0.15, -0.1) is 0 Å². The minimum Gasteiger partial charge on any atom is -0.383 e. The molecule has 1 aliphatic rings. The number of carbonyl (C=O) groups excluding carboxylic acids is 2. The molecule has 3 N–H and O–H groups in total. The zero-order valence-electron chi connectivity index (χ0n) is 15.5. The van der Waals surface area contributed by atoms with Crippen LogP contribution in [-0.4, -0.2) is 70.6 Å². The van der Waals surface area contributed by atoms with E-state index >= 15 is 0 Å². The van der Waals surface area contributed by atoms with Crippen LogP contribution in [-0.2, 0) is 9.53 Å². The molecule has 2 aromatic heterocycles. The van der Waals surface area contributed by atoms with Crippen molar-refractivity contribution in [3.63, 3.8) is 0 Å². The maximum atomic E-state index is 12.2. The molecule has 9 heteroatoms.